The Hall–Kier alpha value is -1.14. The Balaban J connectivity index is 2.66. The van der Waals surface area contributed by atoms with E-state index >= 15 is 0 Å². The standard InChI is InChI=1S/C12H21NO5/c1-11(5-3-9(14)15)7-8-12(2,13(11)18)6-4-10(16)17/h18H,3-8H2,1-2H3,(H,14,15)(H,16,17). The number of carbonyl (C=O) groups is 2. The lowest BCUT2D eigenvalue weighted by molar-refractivity contribution is -0.207. The largest absolute Gasteiger partial charge is 0.481 e. The van der Waals surface area contributed by atoms with E-state index in [4.69, 9.17) is 10.2 Å². The van der Waals surface area contributed by atoms with E-state index in [0.29, 0.717) is 25.7 Å². The third-order valence-electron chi connectivity index (χ3n) is 3.98. The van der Waals surface area contributed by atoms with Crippen molar-refractivity contribution in [3.63, 3.8) is 0 Å². The second-order valence-corrected chi connectivity index (χ2v) is 5.59. The molecule has 0 aromatic rings. The molecule has 18 heavy (non-hydrogen) atoms. The smallest absolute Gasteiger partial charge is 0.303 e. The molecule has 2 unspecified atom stereocenters. The normalized spacial score (nSPS) is 32.6. The molecule has 0 aromatic carbocycles. The lowest BCUT2D eigenvalue weighted by Crippen LogP contribution is -2.49. The number of aliphatic carboxylic acids is 2. The maximum atomic E-state index is 10.6. The summed E-state index contributed by atoms with van der Waals surface area (Å²) in [5.74, 6) is -1.77. The van der Waals surface area contributed by atoms with E-state index < -0.39 is 23.0 Å². The van der Waals surface area contributed by atoms with E-state index in [2.05, 4.69) is 0 Å². The lowest BCUT2D eigenvalue weighted by Gasteiger charge is -2.38. The second-order valence-electron chi connectivity index (χ2n) is 5.59. The van der Waals surface area contributed by atoms with Gasteiger partial charge in [-0.05, 0) is 39.5 Å². The SMILES string of the molecule is CC1(CCC(=O)O)CCC(C)(CCC(=O)O)N1O. The fourth-order valence-electron chi connectivity index (χ4n) is 2.62. The molecule has 0 aromatic heterocycles. The zero-order valence-electron chi connectivity index (χ0n) is 10.8. The molecular weight excluding hydrogens is 238 g/mol. The highest BCUT2D eigenvalue weighted by atomic mass is 16.5. The Kier molecular flexibility index (Phi) is 4.34. The van der Waals surface area contributed by atoms with Crippen molar-refractivity contribution in [2.75, 3.05) is 0 Å². The van der Waals surface area contributed by atoms with E-state index in [0.717, 1.165) is 0 Å². The summed E-state index contributed by atoms with van der Waals surface area (Å²) in [6.45, 7) is 3.64. The van der Waals surface area contributed by atoms with Gasteiger partial charge in [0.15, 0.2) is 0 Å². The van der Waals surface area contributed by atoms with Crippen LogP contribution in [-0.2, 0) is 9.59 Å². The third-order valence-corrected chi connectivity index (χ3v) is 3.98. The van der Waals surface area contributed by atoms with Crippen molar-refractivity contribution in [1.29, 1.82) is 0 Å². The molecule has 1 heterocycles. The van der Waals surface area contributed by atoms with Crippen molar-refractivity contribution < 1.29 is 25.0 Å². The molecule has 0 aliphatic carbocycles. The fourth-order valence-corrected chi connectivity index (χ4v) is 2.62. The van der Waals surface area contributed by atoms with Crippen molar-refractivity contribution >= 4 is 11.9 Å². The summed E-state index contributed by atoms with van der Waals surface area (Å²) >= 11 is 0. The number of hydrogen-bond donors (Lipinski definition) is 3. The number of nitrogens with zero attached hydrogens (tertiary/aromatic N) is 1. The van der Waals surface area contributed by atoms with Gasteiger partial charge in [-0.3, -0.25) is 9.59 Å². The van der Waals surface area contributed by atoms with E-state index in [1.807, 2.05) is 13.8 Å². The van der Waals surface area contributed by atoms with Crippen LogP contribution in [0.25, 0.3) is 0 Å². The summed E-state index contributed by atoms with van der Waals surface area (Å²) in [4.78, 5) is 21.2. The van der Waals surface area contributed by atoms with Gasteiger partial charge in [0.2, 0.25) is 0 Å². The minimum absolute atomic E-state index is 0.00255. The Morgan fingerprint density at radius 2 is 1.33 bits per heavy atom. The summed E-state index contributed by atoms with van der Waals surface area (Å²) in [6, 6.07) is 0. The molecule has 6 heteroatoms. The first kappa shape index (κ1) is 14.9. The molecule has 0 bridgehead atoms. The van der Waals surface area contributed by atoms with Crippen LogP contribution < -0.4 is 0 Å². The molecule has 1 aliphatic rings. The van der Waals surface area contributed by atoms with Gasteiger partial charge in [0, 0.05) is 23.9 Å². The van der Waals surface area contributed by atoms with Crippen molar-refractivity contribution in [3.05, 3.63) is 0 Å². The molecule has 0 amide bonds. The molecule has 6 nitrogen and oxygen atoms in total. The van der Waals surface area contributed by atoms with Crippen molar-refractivity contribution in [2.45, 2.75) is 63.5 Å². The molecule has 104 valence electrons. The Labute approximate surface area is 106 Å². The highest BCUT2D eigenvalue weighted by Gasteiger charge is 2.49. The molecule has 1 saturated heterocycles. The van der Waals surface area contributed by atoms with Crippen LogP contribution in [0.4, 0.5) is 0 Å². The average Bonchev–Trinajstić information content (AvgIpc) is 2.51. The zero-order valence-corrected chi connectivity index (χ0v) is 10.8. The van der Waals surface area contributed by atoms with Gasteiger partial charge < -0.3 is 15.4 Å². The fraction of sp³-hybridized carbons (Fsp3) is 0.833. The molecule has 0 spiro atoms. The van der Waals surface area contributed by atoms with Crippen LogP contribution in [0.1, 0.15) is 52.4 Å². The van der Waals surface area contributed by atoms with Gasteiger partial charge in [-0.1, -0.05) is 0 Å². The number of rotatable bonds is 6. The van der Waals surface area contributed by atoms with Gasteiger partial charge in [0.25, 0.3) is 0 Å². The van der Waals surface area contributed by atoms with Gasteiger partial charge >= 0.3 is 11.9 Å². The van der Waals surface area contributed by atoms with E-state index in [1.165, 1.54) is 5.06 Å². The minimum Gasteiger partial charge on any atom is -0.481 e. The Morgan fingerprint density at radius 3 is 1.61 bits per heavy atom. The topological polar surface area (TPSA) is 98.1 Å². The van der Waals surface area contributed by atoms with E-state index in [9.17, 15) is 14.8 Å². The molecule has 1 aliphatic heterocycles. The summed E-state index contributed by atoms with van der Waals surface area (Å²) in [5, 5.41) is 28.8. The van der Waals surface area contributed by atoms with E-state index in [1.54, 1.807) is 0 Å². The number of carboxylic acid groups (broad SMARTS) is 2. The first-order valence-electron chi connectivity index (χ1n) is 6.12. The second kappa shape index (κ2) is 5.24. The quantitative estimate of drug-likeness (QED) is 0.671. The maximum Gasteiger partial charge on any atom is 0.303 e. The summed E-state index contributed by atoms with van der Waals surface area (Å²) in [6.07, 6.45) is 2.08. The Bertz CT molecular complexity index is 313. The van der Waals surface area contributed by atoms with Crippen LogP contribution in [0.2, 0.25) is 0 Å². The van der Waals surface area contributed by atoms with Crippen LogP contribution in [0.3, 0.4) is 0 Å². The van der Waals surface area contributed by atoms with Gasteiger partial charge in [-0.15, -0.1) is 0 Å². The molecule has 0 radical (unpaired) electrons. The van der Waals surface area contributed by atoms with Crippen LogP contribution in [-0.4, -0.2) is 43.5 Å². The molecular formula is C12H21NO5. The summed E-state index contributed by atoms with van der Waals surface area (Å²) in [7, 11) is 0. The monoisotopic (exact) mass is 259 g/mol. The number of hydroxylamine groups is 2. The number of hydrogen-bond acceptors (Lipinski definition) is 4. The molecule has 0 saturated carbocycles. The predicted molar refractivity (Wildman–Crippen MR) is 63.4 cm³/mol. The highest BCUT2D eigenvalue weighted by molar-refractivity contribution is 5.67. The zero-order chi connectivity index (χ0) is 14.0. The van der Waals surface area contributed by atoms with Gasteiger partial charge in [0.05, 0.1) is 0 Å². The van der Waals surface area contributed by atoms with Gasteiger partial charge in [-0.2, -0.15) is 5.06 Å². The first-order valence-corrected chi connectivity index (χ1v) is 6.12. The van der Waals surface area contributed by atoms with Gasteiger partial charge in [-0.25, -0.2) is 0 Å². The molecule has 2 atom stereocenters. The molecule has 3 N–H and O–H groups in total. The van der Waals surface area contributed by atoms with Crippen LogP contribution >= 0.6 is 0 Å². The third kappa shape index (κ3) is 3.20. The van der Waals surface area contributed by atoms with Crippen LogP contribution in [0.15, 0.2) is 0 Å². The lowest BCUT2D eigenvalue weighted by atomic mass is 9.92. The first-order chi connectivity index (χ1) is 8.19. The van der Waals surface area contributed by atoms with Crippen molar-refractivity contribution in [2.24, 2.45) is 0 Å². The maximum absolute atomic E-state index is 10.6. The average molecular weight is 259 g/mol. The minimum atomic E-state index is -0.885. The van der Waals surface area contributed by atoms with Crippen molar-refractivity contribution in [3.8, 4) is 0 Å². The Morgan fingerprint density at radius 1 is 1.00 bits per heavy atom. The predicted octanol–water partition coefficient (Wildman–Crippen LogP) is 1.72. The van der Waals surface area contributed by atoms with E-state index in [-0.39, 0.29) is 12.8 Å². The molecule has 1 rings (SSSR count). The van der Waals surface area contributed by atoms with Crippen molar-refractivity contribution in [1.82, 2.24) is 5.06 Å². The molecule has 1 fully saturated rings. The van der Waals surface area contributed by atoms with Crippen LogP contribution in [0.5, 0.6) is 0 Å². The summed E-state index contributed by atoms with van der Waals surface area (Å²) < 4.78 is 0. The van der Waals surface area contributed by atoms with Crippen LogP contribution in [0, 0.1) is 0 Å². The number of carboxylic acids is 2. The van der Waals surface area contributed by atoms with Gasteiger partial charge in [0.1, 0.15) is 0 Å². The highest BCUT2D eigenvalue weighted by Crippen LogP contribution is 2.44. The summed E-state index contributed by atoms with van der Waals surface area (Å²) in [5.41, 5.74) is -1.16.